The lowest BCUT2D eigenvalue weighted by Gasteiger charge is -2.10. The second-order valence-corrected chi connectivity index (χ2v) is 5.26. The maximum atomic E-state index is 12.7. The normalized spacial score (nSPS) is 10.6. The number of carbonyl (C=O) groups is 2. The van der Waals surface area contributed by atoms with Crippen molar-refractivity contribution in [3.63, 3.8) is 0 Å². The number of esters is 1. The molecule has 2 rings (SSSR count). The summed E-state index contributed by atoms with van der Waals surface area (Å²) in [4.78, 5) is 27.9. The molecule has 0 spiro atoms. The van der Waals surface area contributed by atoms with Crippen LogP contribution in [-0.2, 0) is 10.9 Å². The molecular formula is C15H10Cl2F4N2O4. The number of aromatic carboxylic acids is 1. The largest absolute Gasteiger partial charge is 0.478 e. The summed E-state index contributed by atoms with van der Waals surface area (Å²) in [5, 5.41) is 7.60. The number of halogens is 6. The molecule has 1 N–H and O–H groups in total. The van der Waals surface area contributed by atoms with Gasteiger partial charge < -0.3 is 9.84 Å². The van der Waals surface area contributed by atoms with Crippen molar-refractivity contribution < 1.29 is 37.0 Å². The van der Waals surface area contributed by atoms with Crippen LogP contribution in [0.15, 0.2) is 24.4 Å². The Kier molecular flexibility index (Phi) is 7.92. The van der Waals surface area contributed by atoms with Gasteiger partial charge in [-0.2, -0.15) is 13.2 Å². The first-order chi connectivity index (χ1) is 12.5. The van der Waals surface area contributed by atoms with Gasteiger partial charge in [0.1, 0.15) is 5.15 Å². The summed E-state index contributed by atoms with van der Waals surface area (Å²) >= 11 is 10.5. The first-order valence-electron chi connectivity index (χ1n) is 6.93. The van der Waals surface area contributed by atoms with E-state index in [0.29, 0.717) is 0 Å². The molecule has 0 aliphatic heterocycles. The summed E-state index contributed by atoms with van der Waals surface area (Å²) in [7, 11) is 0. The van der Waals surface area contributed by atoms with E-state index in [1.165, 1.54) is 6.92 Å². The zero-order valence-corrected chi connectivity index (χ0v) is 14.9. The van der Waals surface area contributed by atoms with Crippen molar-refractivity contribution in [2.45, 2.75) is 13.1 Å². The SMILES string of the molecule is CCOC(=O)c1ccc(Cl)nc1C(F)(F)F.O=C(O)c1ccnc(Cl)c1F. The molecule has 0 aliphatic rings. The van der Waals surface area contributed by atoms with Gasteiger partial charge in [-0.25, -0.2) is 23.9 Å². The standard InChI is InChI=1S/C9H7ClF3NO2.C6H3ClFNO2/c1-2-16-8(15)5-3-4-6(10)14-7(5)9(11,12)13;7-5-4(8)3(6(10)11)1-2-9-5/h3-4H,2H2,1H3;1-2H,(H,10,11). The monoisotopic (exact) mass is 428 g/mol. The van der Waals surface area contributed by atoms with Crippen molar-refractivity contribution in [2.75, 3.05) is 6.61 Å². The highest BCUT2D eigenvalue weighted by Crippen LogP contribution is 2.31. The highest BCUT2D eigenvalue weighted by atomic mass is 35.5. The quantitative estimate of drug-likeness (QED) is 0.439. The first-order valence-corrected chi connectivity index (χ1v) is 7.68. The minimum atomic E-state index is -4.74. The van der Waals surface area contributed by atoms with Crippen LogP contribution < -0.4 is 0 Å². The minimum Gasteiger partial charge on any atom is -0.478 e. The van der Waals surface area contributed by atoms with Crippen molar-refractivity contribution >= 4 is 35.1 Å². The Bertz CT molecular complexity index is 847. The van der Waals surface area contributed by atoms with E-state index >= 15 is 0 Å². The van der Waals surface area contributed by atoms with Crippen LogP contribution in [0.1, 0.15) is 33.3 Å². The van der Waals surface area contributed by atoms with E-state index in [0.717, 1.165) is 24.4 Å². The van der Waals surface area contributed by atoms with Gasteiger partial charge in [-0.05, 0) is 25.1 Å². The van der Waals surface area contributed by atoms with Crippen LogP contribution in [0.4, 0.5) is 17.6 Å². The summed E-state index contributed by atoms with van der Waals surface area (Å²) < 4.78 is 54.7. The minimum absolute atomic E-state index is 0.0151. The maximum absolute atomic E-state index is 12.7. The number of nitrogens with zero attached hydrogens (tertiary/aromatic N) is 2. The number of rotatable bonds is 3. The lowest BCUT2D eigenvalue weighted by atomic mass is 10.2. The van der Waals surface area contributed by atoms with Crippen molar-refractivity contribution in [1.82, 2.24) is 9.97 Å². The Balaban J connectivity index is 0.000000289. The number of carbonyl (C=O) groups excluding carboxylic acids is 1. The van der Waals surface area contributed by atoms with E-state index in [2.05, 4.69) is 14.7 Å². The fourth-order valence-electron chi connectivity index (χ4n) is 1.61. The summed E-state index contributed by atoms with van der Waals surface area (Å²) in [6.07, 6.45) is -3.61. The highest BCUT2D eigenvalue weighted by Gasteiger charge is 2.38. The Morgan fingerprint density at radius 2 is 1.81 bits per heavy atom. The molecule has 27 heavy (non-hydrogen) atoms. The molecule has 0 aliphatic carbocycles. The number of ether oxygens (including phenoxy) is 1. The molecule has 0 amide bonds. The predicted molar refractivity (Wildman–Crippen MR) is 86.4 cm³/mol. The molecule has 12 heteroatoms. The molecule has 0 bridgehead atoms. The number of alkyl halides is 3. The smallest absolute Gasteiger partial charge is 0.434 e. The van der Waals surface area contributed by atoms with Crippen LogP contribution in [0.3, 0.4) is 0 Å². The summed E-state index contributed by atoms with van der Waals surface area (Å²) in [5.41, 5.74) is -2.44. The van der Waals surface area contributed by atoms with Crippen molar-refractivity contribution in [1.29, 1.82) is 0 Å². The highest BCUT2D eigenvalue weighted by molar-refractivity contribution is 6.30. The third-order valence-electron chi connectivity index (χ3n) is 2.70. The van der Waals surface area contributed by atoms with E-state index in [1.807, 2.05) is 0 Å². The van der Waals surface area contributed by atoms with Crippen molar-refractivity contribution in [3.8, 4) is 0 Å². The Hall–Kier alpha value is -2.46. The van der Waals surface area contributed by atoms with E-state index in [1.54, 1.807) is 0 Å². The van der Waals surface area contributed by atoms with Crippen LogP contribution in [-0.4, -0.2) is 33.6 Å². The lowest BCUT2D eigenvalue weighted by molar-refractivity contribution is -0.141. The van der Waals surface area contributed by atoms with Gasteiger partial charge in [0.05, 0.1) is 17.7 Å². The van der Waals surface area contributed by atoms with Crippen LogP contribution in [0, 0.1) is 5.82 Å². The summed E-state index contributed by atoms with van der Waals surface area (Å²) in [6.45, 7) is 1.48. The van der Waals surface area contributed by atoms with Gasteiger partial charge in [-0.1, -0.05) is 23.2 Å². The van der Waals surface area contributed by atoms with E-state index in [4.69, 9.17) is 28.3 Å². The molecule has 2 aromatic rings. The van der Waals surface area contributed by atoms with Gasteiger partial charge in [0.2, 0.25) is 0 Å². The van der Waals surface area contributed by atoms with Crippen molar-refractivity contribution in [2.24, 2.45) is 0 Å². The molecule has 6 nitrogen and oxygen atoms in total. The summed E-state index contributed by atoms with van der Waals surface area (Å²) in [6, 6.07) is 3.09. The lowest BCUT2D eigenvalue weighted by Crippen LogP contribution is -2.17. The molecule has 0 unspecified atom stereocenters. The van der Waals surface area contributed by atoms with Crippen LogP contribution in [0.25, 0.3) is 0 Å². The fourth-order valence-corrected chi connectivity index (χ4v) is 1.91. The Morgan fingerprint density at radius 3 is 2.30 bits per heavy atom. The van der Waals surface area contributed by atoms with Crippen molar-refractivity contribution in [3.05, 3.63) is 57.3 Å². The zero-order valence-electron chi connectivity index (χ0n) is 13.4. The topological polar surface area (TPSA) is 89.4 Å². The van der Waals surface area contributed by atoms with Crippen LogP contribution in [0.5, 0.6) is 0 Å². The predicted octanol–water partition coefficient (Wildman–Crippen LogP) is 4.50. The molecule has 0 aromatic carbocycles. The second kappa shape index (κ2) is 9.47. The van der Waals surface area contributed by atoms with Gasteiger partial charge >= 0.3 is 18.1 Å². The zero-order chi connectivity index (χ0) is 20.8. The number of hydrogen-bond acceptors (Lipinski definition) is 5. The number of hydrogen-bond donors (Lipinski definition) is 1. The first kappa shape index (κ1) is 22.6. The maximum Gasteiger partial charge on any atom is 0.434 e. The molecular weight excluding hydrogens is 419 g/mol. The Labute approximate surface area is 159 Å². The number of carboxylic acids is 1. The molecule has 146 valence electrons. The molecule has 0 saturated carbocycles. The fraction of sp³-hybridized carbons (Fsp3) is 0.200. The van der Waals surface area contributed by atoms with Gasteiger partial charge in [0.15, 0.2) is 16.7 Å². The average molecular weight is 429 g/mol. The van der Waals surface area contributed by atoms with Crippen LogP contribution >= 0.6 is 23.2 Å². The van der Waals surface area contributed by atoms with Gasteiger partial charge in [-0.3, -0.25) is 0 Å². The molecule has 2 heterocycles. The van der Waals surface area contributed by atoms with Crippen LogP contribution in [0.2, 0.25) is 10.3 Å². The number of aromatic nitrogens is 2. The third kappa shape index (κ3) is 6.33. The molecule has 0 saturated heterocycles. The third-order valence-corrected chi connectivity index (χ3v) is 3.18. The van der Waals surface area contributed by atoms with Gasteiger partial charge in [0, 0.05) is 6.20 Å². The number of pyridine rings is 2. The molecule has 2 aromatic heterocycles. The summed E-state index contributed by atoms with van der Waals surface area (Å²) in [5.74, 6) is -3.42. The molecule has 0 fully saturated rings. The van der Waals surface area contributed by atoms with Gasteiger partial charge in [-0.15, -0.1) is 0 Å². The van der Waals surface area contributed by atoms with Gasteiger partial charge in [0.25, 0.3) is 0 Å². The molecule has 0 atom stereocenters. The second-order valence-electron chi connectivity index (χ2n) is 4.52. The van der Waals surface area contributed by atoms with E-state index < -0.39 is 45.9 Å². The van der Waals surface area contributed by atoms with E-state index in [9.17, 15) is 27.2 Å². The molecule has 0 radical (unpaired) electrons. The van der Waals surface area contributed by atoms with E-state index in [-0.39, 0.29) is 11.8 Å². The average Bonchev–Trinajstić information content (AvgIpc) is 2.57. The Morgan fingerprint density at radius 1 is 1.19 bits per heavy atom. The number of carboxylic acid groups (broad SMARTS) is 1.